The Morgan fingerprint density at radius 1 is 1.35 bits per heavy atom. The molecule has 0 aliphatic carbocycles. The van der Waals surface area contributed by atoms with E-state index >= 15 is 0 Å². The molecule has 0 radical (unpaired) electrons. The fourth-order valence-electron chi connectivity index (χ4n) is 2.89. The summed E-state index contributed by atoms with van der Waals surface area (Å²) in [4.78, 5) is 23.5. The highest BCUT2D eigenvalue weighted by Gasteiger charge is 2.13. The molecule has 0 aliphatic rings. The molecule has 0 aliphatic heterocycles. The molecule has 1 aromatic heterocycles. The lowest BCUT2D eigenvalue weighted by atomic mass is 10.0. The number of nitrogens with zero attached hydrogens (tertiary/aromatic N) is 6. The molecule has 0 spiro atoms. The largest absolute Gasteiger partial charge is 0.377 e. The lowest BCUT2D eigenvalue weighted by Gasteiger charge is -2.17. The van der Waals surface area contributed by atoms with Crippen LogP contribution in [0.1, 0.15) is 29.7 Å². The SMILES string of the molecule is C/C=C(\C=NC)c1ccncc1/C=C/C(=O)N(N)c1ccc(C(CN=[N+]=[N-])OC)cc1. The minimum absolute atomic E-state index is 0.171. The number of hydrogen-bond donors (Lipinski definition) is 1. The van der Waals surface area contributed by atoms with Crippen molar-refractivity contribution in [3.05, 3.63) is 82.0 Å². The van der Waals surface area contributed by atoms with E-state index in [1.807, 2.05) is 19.1 Å². The zero-order chi connectivity index (χ0) is 22.6. The number of nitrogens with two attached hydrogens (primary N) is 1. The minimum atomic E-state index is -0.397. The molecule has 2 aromatic rings. The number of azide groups is 1. The molecule has 0 saturated carbocycles. The van der Waals surface area contributed by atoms with Crippen molar-refractivity contribution in [2.24, 2.45) is 15.9 Å². The Kier molecular flexibility index (Phi) is 9.13. The second-order valence-corrected chi connectivity index (χ2v) is 6.37. The predicted octanol–water partition coefficient (Wildman–Crippen LogP) is 4.10. The van der Waals surface area contributed by atoms with E-state index in [1.54, 1.807) is 56.0 Å². The first-order chi connectivity index (χ1) is 15.0. The summed E-state index contributed by atoms with van der Waals surface area (Å²) in [6.07, 6.45) is 9.75. The summed E-state index contributed by atoms with van der Waals surface area (Å²) >= 11 is 0. The van der Waals surface area contributed by atoms with Crippen LogP contribution in [0.15, 0.2) is 65.0 Å². The Hall–Kier alpha value is -3.78. The van der Waals surface area contributed by atoms with Crippen LogP contribution in [0.4, 0.5) is 5.69 Å². The molecule has 1 atom stereocenters. The summed E-state index contributed by atoms with van der Waals surface area (Å²) in [5, 5.41) is 4.59. The quantitative estimate of drug-likeness (QED) is 0.0958. The lowest BCUT2D eigenvalue weighted by molar-refractivity contribution is -0.114. The van der Waals surface area contributed by atoms with Gasteiger partial charge in [0.2, 0.25) is 0 Å². The van der Waals surface area contributed by atoms with E-state index in [1.165, 1.54) is 13.2 Å². The summed E-state index contributed by atoms with van der Waals surface area (Å²) in [5.74, 6) is 5.60. The Balaban J connectivity index is 2.18. The fraction of sp³-hybridized carbons (Fsp3) is 0.227. The van der Waals surface area contributed by atoms with Crippen LogP contribution in [0.5, 0.6) is 0 Å². The Morgan fingerprint density at radius 2 is 2.10 bits per heavy atom. The van der Waals surface area contributed by atoms with Crippen LogP contribution in [0, 0.1) is 0 Å². The molecule has 1 unspecified atom stereocenters. The number of carbonyl (C=O) groups is 1. The van der Waals surface area contributed by atoms with Crippen molar-refractivity contribution >= 4 is 29.5 Å². The van der Waals surface area contributed by atoms with Gasteiger partial charge in [-0.3, -0.25) is 14.8 Å². The third-order valence-electron chi connectivity index (χ3n) is 4.52. The number of aromatic nitrogens is 1. The molecule has 1 amide bonds. The molecule has 2 N–H and O–H groups in total. The van der Waals surface area contributed by atoms with E-state index < -0.39 is 5.91 Å². The number of rotatable bonds is 9. The highest BCUT2D eigenvalue weighted by molar-refractivity contribution is 6.11. The Bertz CT molecular complexity index is 1020. The van der Waals surface area contributed by atoms with E-state index in [9.17, 15) is 4.79 Å². The van der Waals surface area contributed by atoms with Gasteiger partial charge in [-0.2, -0.15) is 0 Å². The smallest absolute Gasteiger partial charge is 0.265 e. The molecule has 9 heteroatoms. The van der Waals surface area contributed by atoms with Gasteiger partial charge in [-0.05, 0) is 53.4 Å². The first-order valence-electron chi connectivity index (χ1n) is 9.49. The maximum atomic E-state index is 12.6. The number of pyridine rings is 1. The molecule has 160 valence electrons. The van der Waals surface area contributed by atoms with Gasteiger partial charge in [0, 0.05) is 49.3 Å². The number of benzene rings is 1. The fourth-order valence-corrected chi connectivity index (χ4v) is 2.89. The van der Waals surface area contributed by atoms with Gasteiger partial charge in [0.05, 0.1) is 18.3 Å². The molecule has 31 heavy (non-hydrogen) atoms. The van der Waals surface area contributed by atoms with Crippen molar-refractivity contribution in [2.75, 3.05) is 25.7 Å². The Labute approximate surface area is 181 Å². The van der Waals surface area contributed by atoms with Crippen molar-refractivity contribution in [3.8, 4) is 0 Å². The highest BCUT2D eigenvalue weighted by atomic mass is 16.5. The summed E-state index contributed by atoms with van der Waals surface area (Å²) < 4.78 is 5.32. The lowest BCUT2D eigenvalue weighted by Crippen LogP contribution is -2.36. The molecule has 2 rings (SSSR count). The molecule has 1 heterocycles. The molecular weight excluding hydrogens is 394 g/mol. The van der Waals surface area contributed by atoms with Crippen LogP contribution in [0.25, 0.3) is 22.1 Å². The summed E-state index contributed by atoms with van der Waals surface area (Å²) in [5.41, 5.74) is 12.4. The van der Waals surface area contributed by atoms with Gasteiger partial charge in [0.25, 0.3) is 5.91 Å². The van der Waals surface area contributed by atoms with E-state index in [0.717, 1.165) is 27.3 Å². The number of methoxy groups -OCH3 is 1. The second-order valence-electron chi connectivity index (χ2n) is 6.37. The molecule has 0 fully saturated rings. The number of carbonyl (C=O) groups excluding carboxylic acids is 1. The summed E-state index contributed by atoms with van der Waals surface area (Å²) in [6, 6.07) is 8.81. The molecule has 1 aromatic carbocycles. The van der Waals surface area contributed by atoms with E-state index in [2.05, 4.69) is 20.0 Å². The van der Waals surface area contributed by atoms with Gasteiger partial charge in [-0.25, -0.2) is 10.9 Å². The predicted molar refractivity (Wildman–Crippen MR) is 123 cm³/mol. The topological polar surface area (TPSA) is 130 Å². The average molecular weight is 419 g/mol. The maximum absolute atomic E-state index is 12.6. The number of hydrogen-bond acceptors (Lipinski definition) is 6. The van der Waals surface area contributed by atoms with Crippen LogP contribution < -0.4 is 10.9 Å². The average Bonchev–Trinajstić information content (AvgIpc) is 2.81. The van der Waals surface area contributed by atoms with E-state index in [4.69, 9.17) is 16.1 Å². The third-order valence-corrected chi connectivity index (χ3v) is 4.52. The van der Waals surface area contributed by atoms with Crippen LogP contribution in [-0.2, 0) is 9.53 Å². The highest BCUT2D eigenvalue weighted by Crippen LogP contribution is 2.22. The number of aliphatic imine (C=N–C) groups is 1. The van der Waals surface area contributed by atoms with Crippen LogP contribution in [0.3, 0.4) is 0 Å². The normalized spacial score (nSPS) is 12.7. The van der Waals surface area contributed by atoms with Crippen molar-refractivity contribution in [2.45, 2.75) is 13.0 Å². The van der Waals surface area contributed by atoms with Gasteiger partial charge >= 0.3 is 0 Å². The van der Waals surface area contributed by atoms with Crippen LogP contribution >= 0.6 is 0 Å². The van der Waals surface area contributed by atoms with Gasteiger partial charge < -0.3 is 4.74 Å². The van der Waals surface area contributed by atoms with Gasteiger partial charge in [0.1, 0.15) is 0 Å². The van der Waals surface area contributed by atoms with Crippen molar-refractivity contribution in [3.63, 3.8) is 0 Å². The number of ether oxygens (including phenoxy) is 1. The minimum Gasteiger partial charge on any atom is -0.377 e. The number of amides is 1. The van der Waals surface area contributed by atoms with Crippen LogP contribution in [-0.4, -0.2) is 37.8 Å². The van der Waals surface area contributed by atoms with E-state index in [-0.39, 0.29) is 12.6 Å². The first-order valence-corrected chi connectivity index (χ1v) is 9.49. The number of hydrazine groups is 1. The monoisotopic (exact) mass is 419 g/mol. The van der Waals surface area contributed by atoms with Crippen LogP contribution in [0.2, 0.25) is 0 Å². The van der Waals surface area contributed by atoms with Crippen molar-refractivity contribution < 1.29 is 9.53 Å². The molecule has 9 nitrogen and oxygen atoms in total. The van der Waals surface area contributed by atoms with Gasteiger partial charge in [-0.1, -0.05) is 23.3 Å². The molecular formula is C22H25N7O2. The second kappa shape index (κ2) is 12.0. The van der Waals surface area contributed by atoms with Crippen molar-refractivity contribution in [1.82, 2.24) is 4.98 Å². The summed E-state index contributed by atoms with van der Waals surface area (Å²) in [6.45, 7) is 2.09. The number of anilines is 1. The molecule has 0 saturated heterocycles. The van der Waals surface area contributed by atoms with Crippen molar-refractivity contribution in [1.29, 1.82) is 0 Å². The third kappa shape index (κ3) is 6.35. The molecule has 0 bridgehead atoms. The standard InChI is InChI=1S/C22H25N7O2/c1-4-16(13-25-2)20-11-12-26-14-18(20)7-10-22(30)29(24)19-8-5-17(6-9-19)21(31-3)15-27-28-23/h4-14,21H,15,24H2,1-3H3/b10-7+,16-4+,25-13?. The zero-order valence-corrected chi connectivity index (χ0v) is 17.7. The maximum Gasteiger partial charge on any atom is 0.265 e. The number of allylic oxidation sites excluding steroid dienone is 2. The van der Waals surface area contributed by atoms with Gasteiger partial charge in [-0.15, -0.1) is 0 Å². The Morgan fingerprint density at radius 3 is 2.71 bits per heavy atom. The zero-order valence-electron chi connectivity index (χ0n) is 17.7. The first kappa shape index (κ1) is 23.5. The van der Waals surface area contributed by atoms with E-state index in [0.29, 0.717) is 5.69 Å². The summed E-state index contributed by atoms with van der Waals surface area (Å²) in [7, 11) is 3.24. The van der Waals surface area contributed by atoms with Gasteiger partial charge in [0.15, 0.2) is 0 Å².